The van der Waals surface area contributed by atoms with E-state index in [1.807, 2.05) is 6.07 Å². The number of aromatic carboxylic acids is 1. The standard InChI is InChI=1S/C17H16N4O3/c18-11-4-1-3-10(7-11)14(8-22)21-16-12-5-2-6-13(17(23)24)15(12)19-9-20-16/h1-7,9,14,22H,8,18H2,(H,23,24)(H,19,20,21). The first kappa shape index (κ1) is 15.7. The first-order valence-electron chi connectivity index (χ1n) is 7.30. The summed E-state index contributed by atoms with van der Waals surface area (Å²) in [6, 6.07) is 11.6. The third-order valence-electron chi connectivity index (χ3n) is 3.70. The van der Waals surface area contributed by atoms with E-state index in [9.17, 15) is 15.0 Å². The van der Waals surface area contributed by atoms with E-state index < -0.39 is 12.0 Å². The van der Waals surface area contributed by atoms with Crippen LogP contribution in [0.15, 0.2) is 48.8 Å². The maximum Gasteiger partial charge on any atom is 0.337 e. The van der Waals surface area contributed by atoms with Crippen LogP contribution in [0.1, 0.15) is 22.0 Å². The van der Waals surface area contributed by atoms with E-state index >= 15 is 0 Å². The summed E-state index contributed by atoms with van der Waals surface area (Å²) < 4.78 is 0. The molecular formula is C17H16N4O3. The highest BCUT2D eigenvalue weighted by molar-refractivity contribution is 6.04. The predicted molar refractivity (Wildman–Crippen MR) is 90.8 cm³/mol. The highest BCUT2D eigenvalue weighted by Gasteiger charge is 2.16. The molecule has 0 spiro atoms. The van der Waals surface area contributed by atoms with Gasteiger partial charge in [-0.1, -0.05) is 18.2 Å². The van der Waals surface area contributed by atoms with Gasteiger partial charge in [-0.2, -0.15) is 0 Å². The number of aliphatic hydroxyl groups excluding tert-OH is 1. The molecule has 5 N–H and O–H groups in total. The molecule has 0 aliphatic heterocycles. The molecule has 0 bridgehead atoms. The molecular weight excluding hydrogens is 308 g/mol. The average molecular weight is 324 g/mol. The quantitative estimate of drug-likeness (QED) is 0.530. The zero-order chi connectivity index (χ0) is 17.1. The number of aromatic nitrogens is 2. The molecule has 1 heterocycles. The van der Waals surface area contributed by atoms with E-state index in [0.717, 1.165) is 5.56 Å². The normalized spacial score (nSPS) is 12.0. The number of nitrogens with zero attached hydrogens (tertiary/aromatic N) is 2. The van der Waals surface area contributed by atoms with Crippen LogP contribution in [0, 0.1) is 0 Å². The lowest BCUT2D eigenvalue weighted by Gasteiger charge is -2.19. The van der Waals surface area contributed by atoms with Crippen molar-refractivity contribution in [3.63, 3.8) is 0 Å². The number of hydrogen-bond acceptors (Lipinski definition) is 6. The van der Waals surface area contributed by atoms with Crippen LogP contribution >= 0.6 is 0 Å². The lowest BCUT2D eigenvalue weighted by atomic mass is 10.1. The van der Waals surface area contributed by atoms with Crippen molar-refractivity contribution >= 4 is 28.4 Å². The number of benzene rings is 2. The number of fused-ring (bicyclic) bond motifs is 1. The molecule has 122 valence electrons. The number of hydrogen-bond donors (Lipinski definition) is 4. The van der Waals surface area contributed by atoms with Gasteiger partial charge >= 0.3 is 5.97 Å². The Kier molecular flexibility index (Phi) is 4.26. The molecule has 1 aromatic heterocycles. The van der Waals surface area contributed by atoms with Gasteiger partial charge in [0.15, 0.2) is 0 Å². The summed E-state index contributed by atoms with van der Waals surface area (Å²) in [5.41, 5.74) is 7.62. The first-order chi connectivity index (χ1) is 11.6. The Bertz CT molecular complexity index is 898. The number of nitrogen functional groups attached to an aromatic ring is 1. The van der Waals surface area contributed by atoms with E-state index in [0.29, 0.717) is 22.4 Å². The Hall–Kier alpha value is -3.19. The van der Waals surface area contributed by atoms with Gasteiger partial charge in [0.1, 0.15) is 12.1 Å². The molecule has 3 rings (SSSR count). The SMILES string of the molecule is Nc1cccc(C(CO)Nc2ncnc3c(C(=O)O)cccc23)c1. The molecule has 0 amide bonds. The van der Waals surface area contributed by atoms with Crippen LogP contribution in [0.2, 0.25) is 0 Å². The number of anilines is 2. The third kappa shape index (κ3) is 2.97. The van der Waals surface area contributed by atoms with Crippen LogP contribution in [0.3, 0.4) is 0 Å². The Morgan fingerprint density at radius 3 is 2.71 bits per heavy atom. The molecule has 3 aromatic rings. The second kappa shape index (κ2) is 6.51. The molecule has 0 aliphatic rings. The van der Waals surface area contributed by atoms with Crippen LogP contribution < -0.4 is 11.1 Å². The Morgan fingerprint density at radius 1 is 1.21 bits per heavy atom. The van der Waals surface area contributed by atoms with Gasteiger partial charge in [-0.25, -0.2) is 14.8 Å². The van der Waals surface area contributed by atoms with Gasteiger partial charge in [0.25, 0.3) is 0 Å². The van der Waals surface area contributed by atoms with Crippen molar-refractivity contribution in [1.29, 1.82) is 0 Å². The van der Waals surface area contributed by atoms with Crippen LogP contribution in [0.5, 0.6) is 0 Å². The zero-order valence-electron chi connectivity index (χ0n) is 12.7. The predicted octanol–water partition coefficient (Wildman–Crippen LogP) is 2.06. The molecule has 2 aromatic carbocycles. The second-order valence-electron chi connectivity index (χ2n) is 5.28. The Morgan fingerprint density at radius 2 is 2.00 bits per heavy atom. The number of nitrogens with one attached hydrogen (secondary N) is 1. The van der Waals surface area contributed by atoms with Gasteiger partial charge < -0.3 is 21.3 Å². The molecule has 24 heavy (non-hydrogen) atoms. The topological polar surface area (TPSA) is 121 Å². The number of carboxylic acids is 1. The fourth-order valence-electron chi connectivity index (χ4n) is 2.55. The van der Waals surface area contributed by atoms with Crippen LogP contribution in [-0.4, -0.2) is 32.8 Å². The number of aliphatic hydroxyl groups is 1. The summed E-state index contributed by atoms with van der Waals surface area (Å²) in [6.45, 7) is -0.173. The highest BCUT2D eigenvalue weighted by atomic mass is 16.4. The molecule has 0 saturated carbocycles. The minimum atomic E-state index is -1.06. The third-order valence-corrected chi connectivity index (χ3v) is 3.70. The summed E-state index contributed by atoms with van der Waals surface area (Å²) in [5, 5.41) is 22.7. The van der Waals surface area contributed by atoms with E-state index in [1.54, 1.807) is 30.3 Å². The van der Waals surface area contributed by atoms with E-state index in [-0.39, 0.29) is 12.2 Å². The lowest BCUT2D eigenvalue weighted by molar-refractivity contribution is 0.0699. The number of rotatable bonds is 5. The smallest absolute Gasteiger partial charge is 0.337 e. The molecule has 0 fully saturated rings. The van der Waals surface area contributed by atoms with Crippen molar-refractivity contribution in [1.82, 2.24) is 9.97 Å². The van der Waals surface area contributed by atoms with Crippen molar-refractivity contribution in [3.05, 3.63) is 59.9 Å². The van der Waals surface area contributed by atoms with Crippen molar-refractivity contribution in [2.24, 2.45) is 0 Å². The maximum absolute atomic E-state index is 11.3. The number of carbonyl (C=O) groups is 1. The number of carboxylic acid groups (broad SMARTS) is 1. The van der Waals surface area contributed by atoms with E-state index in [1.165, 1.54) is 12.4 Å². The van der Waals surface area contributed by atoms with Gasteiger partial charge in [-0.05, 0) is 29.8 Å². The van der Waals surface area contributed by atoms with Gasteiger partial charge in [-0.15, -0.1) is 0 Å². The van der Waals surface area contributed by atoms with Crippen molar-refractivity contribution in [2.45, 2.75) is 6.04 Å². The summed E-state index contributed by atoms with van der Waals surface area (Å²) in [4.78, 5) is 19.6. The van der Waals surface area contributed by atoms with Gasteiger partial charge in [0.2, 0.25) is 0 Å². The van der Waals surface area contributed by atoms with Crippen molar-refractivity contribution < 1.29 is 15.0 Å². The monoisotopic (exact) mass is 324 g/mol. The van der Waals surface area contributed by atoms with Crippen molar-refractivity contribution in [3.8, 4) is 0 Å². The van der Waals surface area contributed by atoms with Gasteiger partial charge in [0, 0.05) is 11.1 Å². The molecule has 1 atom stereocenters. The highest BCUT2D eigenvalue weighted by Crippen LogP contribution is 2.26. The first-order valence-corrected chi connectivity index (χ1v) is 7.30. The Balaban J connectivity index is 2.03. The Labute approximate surface area is 137 Å². The minimum absolute atomic E-state index is 0.0995. The minimum Gasteiger partial charge on any atom is -0.478 e. The molecule has 0 radical (unpaired) electrons. The van der Waals surface area contributed by atoms with Crippen LogP contribution in [0.25, 0.3) is 10.9 Å². The molecule has 7 nitrogen and oxygen atoms in total. The number of para-hydroxylation sites is 1. The van der Waals surface area contributed by atoms with E-state index in [2.05, 4.69) is 15.3 Å². The second-order valence-corrected chi connectivity index (χ2v) is 5.28. The molecule has 1 unspecified atom stereocenters. The van der Waals surface area contributed by atoms with Crippen LogP contribution in [-0.2, 0) is 0 Å². The van der Waals surface area contributed by atoms with Gasteiger partial charge in [0.05, 0.1) is 23.7 Å². The van der Waals surface area contributed by atoms with E-state index in [4.69, 9.17) is 5.73 Å². The summed E-state index contributed by atoms with van der Waals surface area (Å²) in [5.74, 6) is -0.607. The lowest BCUT2D eigenvalue weighted by Crippen LogP contribution is -2.16. The van der Waals surface area contributed by atoms with Crippen LogP contribution in [0.4, 0.5) is 11.5 Å². The molecule has 0 saturated heterocycles. The molecule has 7 heteroatoms. The number of nitrogens with two attached hydrogens (primary N) is 1. The summed E-state index contributed by atoms with van der Waals surface area (Å²) in [6.07, 6.45) is 1.30. The largest absolute Gasteiger partial charge is 0.478 e. The van der Waals surface area contributed by atoms with Crippen molar-refractivity contribution in [2.75, 3.05) is 17.7 Å². The fraction of sp³-hybridized carbons (Fsp3) is 0.118. The molecule has 0 aliphatic carbocycles. The maximum atomic E-state index is 11.3. The summed E-state index contributed by atoms with van der Waals surface area (Å²) in [7, 11) is 0. The fourth-order valence-corrected chi connectivity index (χ4v) is 2.55. The van der Waals surface area contributed by atoms with Gasteiger partial charge in [-0.3, -0.25) is 0 Å². The zero-order valence-corrected chi connectivity index (χ0v) is 12.7. The summed E-state index contributed by atoms with van der Waals surface area (Å²) >= 11 is 0. The average Bonchev–Trinajstić information content (AvgIpc) is 2.59.